The van der Waals surface area contributed by atoms with Crippen LogP contribution in [0.25, 0.3) is 59.9 Å². The number of fused-ring (bicyclic) bond motifs is 6. The standard InChI is InChI=1S/C25H16N2O/c1-28-21-13-18-23-22-15(9-6-10-17(21)22)14-7-2-4-11-19(14)27-20-12-5-3-8-16(20)24(26-18)25(23)27/h2-13,26H,1H3. The molecule has 0 atom stereocenters. The second kappa shape index (κ2) is 4.76. The van der Waals surface area contributed by atoms with Crippen LogP contribution in [-0.4, -0.2) is 16.5 Å². The molecule has 28 heavy (non-hydrogen) atoms. The summed E-state index contributed by atoms with van der Waals surface area (Å²) in [6, 6.07) is 26.0. The van der Waals surface area contributed by atoms with Gasteiger partial charge in [-0.05, 0) is 17.5 Å². The Balaban J connectivity index is 2.02. The van der Waals surface area contributed by atoms with Gasteiger partial charge in [-0.15, -0.1) is 0 Å². The van der Waals surface area contributed by atoms with E-state index >= 15 is 0 Å². The van der Waals surface area contributed by atoms with Crippen molar-refractivity contribution < 1.29 is 4.74 Å². The average molecular weight is 360 g/mol. The lowest BCUT2D eigenvalue weighted by molar-refractivity contribution is 0.420. The summed E-state index contributed by atoms with van der Waals surface area (Å²) in [7, 11) is 1.75. The molecule has 3 nitrogen and oxygen atoms in total. The number of hydrogen-bond acceptors (Lipinski definition) is 1. The molecule has 0 saturated carbocycles. The monoisotopic (exact) mass is 360 g/mol. The Morgan fingerprint density at radius 3 is 2.21 bits per heavy atom. The highest BCUT2D eigenvalue weighted by Crippen LogP contribution is 2.45. The third-order valence-electron chi connectivity index (χ3n) is 6.15. The molecule has 0 fully saturated rings. The number of ether oxygens (including phenoxy) is 1. The number of benzene rings is 4. The highest BCUT2D eigenvalue weighted by atomic mass is 16.5. The van der Waals surface area contributed by atoms with Crippen LogP contribution in [0.3, 0.4) is 0 Å². The van der Waals surface area contributed by atoms with Crippen LogP contribution in [0.5, 0.6) is 5.75 Å². The molecule has 0 aliphatic rings. The number of aromatic nitrogens is 2. The molecule has 3 heteroatoms. The molecule has 132 valence electrons. The van der Waals surface area contributed by atoms with Crippen molar-refractivity contribution in [3.8, 4) is 5.75 Å². The van der Waals surface area contributed by atoms with Crippen molar-refractivity contribution in [3.63, 3.8) is 0 Å². The molecular formula is C25H16N2O. The summed E-state index contributed by atoms with van der Waals surface area (Å²) in [6.45, 7) is 0. The SMILES string of the molecule is COc1cc2[nH]c3c4ccccc4n4c5ccccc5c5cccc1c5c2c34. The first kappa shape index (κ1) is 14.4. The number of nitrogens with one attached hydrogen (secondary N) is 1. The van der Waals surface area contributed by atoms with E-state index < -0.39 is 0 Å². The Hall–Kier alpha value is -3.72. The fraction of sp³-hybridized carbons (Fsp3) is 0.0400. The minimum Gasteiger partial charge on any atom is -0.496 e. The molecular weight excluding hydrogens is 344 g/mol. The van der Waals surface area contributed by atoms with Gasteiger partial charge in [0.2, 0.25) is 0 Å². The van der Waals surface area contributed by atoms with Crippen LogP contribution in [0.2, 0.25) is 0 Å². The van der Waals surface area contributed by atoms with E-state index in [9.17, 15) is 0 Å². The van der Waals surface area contributed by atoms with E-state index in [1.807, 2.05) is 0 Å². The number of nitrogens with zero attached hydrogens (tertiary/aromatic N) is 1. The smallest absolute Gasteiger partial charge is 0.128 e. The molecule has 7 aromatic rings. The number of hydrogen-bond donors (Lipinski definition) is 1. The van der Waals surface area contributed by atoms with E-state index in [0.29, 0.717) is 0 Å². The minimum absolute atomic E-state index is 0.906. The molecule has 0 spiro atoms. The lowest BCUT2D eigenvalue weighted by Crippen LogP contribution is -1.86. The van der Waals surface area contributed by atoms with Gasteiger partial charge in [0.05, 0.1) is 34.7 Å². The number of aromatic amines is 1. The van der Waals surface area contributed by atoms with Gasteiger partial charge in [-0.2, -0.15) is 0 Å². The van der Waals surface area contributed by atoms with E-state index in [4.69, 9.17) is 4.74 Å². The van der Waals surface area contributed by atoms with Crippen LogP contribution < -0.4 is 4.74 Å². The molecule has 7 rings (SSSR count). The Labute approximate surface area is 160 Å². The molecule has 3 heterocycles. The van der Waals surface area contributed by atoms with Crippen molar-refractivity contribution in [2.24, 2.45) is 0 Å². The van der Waals surface area contributed by atoms with Gasteiger partial charge in [0, 0.05) is 33.0 Å². The normalized spacial score (nSPS) is 12.5. The first-order valence-electron chi connectivity index (χ1n) is 9.51. The summed E-state index contributed by atoms with van der Waals surface area (Å²) in [6.07, 6.45) is 0. The topological polar surface area (TPSA) is 29.4 Å². The summed E-state index contributed by atoms with van der Waals surface area (Å²) in [5.41, 5.74) is 6.01. The Kier molecular flexibility index (Phi) is 2.44. The van der Waals surface area contributed by atoms with E-state index in [2.05, 4.69) is 82.2 Å². The predicted octanol–water partition coefficient (Wildman–Crippen LogP) is 6.48. The van der Waals surface area contributed by atoms with Crippen molar-refractivity contribution in [3.05, 3.63) is 72.8 Å². The number of methoxy groups -OCH3 is 1. The second-order valence-electron chi connectivity index (χ2n) is 7.45. The van der Waals surface area contributed by atoms with Crippen LogP contribution in [-0.2, 0) is 0 Å². The third-order valence-corrected chi connectivity index (χ3v) is 6.15. The van der Waals surface area contributed by atoms with E-state index in [1.165, 1.54) is 49.0 Å². The highest BCUT2D eigenvalue weighted by molar-refractivity contribution is 6.33. The zero-order valence-electron chi connectivity index (χ0n) is 15.3. The van der Waals surface area contributed by atoms with Crippen molar-refractivity contribution in [1.82, 2.24) is 9.38 Å². The van der Waals surface area contributed by atoms with E-state index in [0.717, 1.165) is 16.7 Å². The largest absolute Gasteiger partial charge is 0.496 e. The summed E-state index contributed by atoms with van der Waals surface area (Å²) >= 11 is 0. The van der Waals surface area contributed by atoms with Gasteiger partial charge in [0.1, 0.15) is 5.75 Å². The molecule has 4 aromatic carbocycles. The second-order valence-corrected chi connectivity index (χ2v) is 7.45. The van der Waals surface area contributed by atoms with Crippen molar-refractivity contribution in [2.75, 3.05) is 7.11 Å². The summed E-state index contributed by atoms with van der Waals surface area (Å²) in [5.74, 6) is 0.906. The van der Waals surface area contributed by atoms with Gasteiger partial charge < -0.3 is 14.1 Å². The van der Waals surface area contributed by atoms with Gasteiger partial charge in [-0.25, -0.2) is 0 Å². The van der Waals surface area contributed by atoms with Gasteiger partial charge >= 0.3 is 0 Å². The van der Waals surface area contributed by atoms with Gasteiger partial charge in [0.15, 0.2) is 0 Å². The quantitative estimate of drug-likeness (QED) is 0.357. The molecule has 0 aliphatic carbocycles. The molecule has 0 amide bonds. The first-order chi connectivity index (χ1) is 13.9. The van der Waals surface area contributed by atoms with Crippen LogP contribution >= 0.6 is 0 Å². The summed E-state index contributed by atoms with van der Waals surface area (Å²) in [4.78, 5) is 3.70. The lowest BCUT2D eigenvalue weighted by atomic mass is 9.99. The minimum atomic E-state index is 0.906. The van der Waals surface area contributed by atoms with Gasteiger partial charge in [-0.3, -0.25) is 0 Å². The Bertz CT molecular complexity index is 1700. The first-order valence-corrected chi connectivity index (χ1v) is 9.51. The number of para-hydroxylation sites is 2. The summed E-state index contributed by atoms with van der Waals surface area (Å²) in [5, 5.41) is 7.44. The Morgan fingerprint density at radius 2 is 1.39 bits per heavy atom. The maximum absolute atomic E-state index is 5.77. The van der Waals surface area contributed by atoms with Crippen LogP contribution in [0.4, 0.5) is 0 Å². The average Bonchev–Trinajstić information content (AvgIpc) is 3.22. The van der Waals surface area contributed by atoms with Crippen molar-refractivity contribution in [2.45, 2.75) is 0 Å². The van der Waals surface area contributed by atoms with Crippen LogP contribution in [0.15, 0.2) is 72.8 Å². The molecule has 0 saturated heterocycles. The zero-order valence-corrected chi connectivity index (χ0v) is 15.3. The molecule has 0 bridgehead atoms. The highest BCUT2D eigenvalue weighted by Gasteiger charge is 2.21. The summed E-state index contributed by atoms with van der Waals surface area (Å²) < 4.78 is 8.19. The molecule has 0 unspecified atom stereocenters. The fourth-order valence-corrected chi connectivity index (χ4v) is 5.07. The molecule has 0 aliphatic heterocycles. The van der Waals surface area contributed by atoms with Gasteiger partial charge in [-0.1, -0.05) is 54.6 Å². The van der Waals surface area contributed by atoms with Gasteiger partial charge in [0.25, 0.3) is 0 Å². The predicted molar refractivity (Wildman–Crippen MR) is 117 cm³/mol. The maximum atomic E-state index is 5.77. The maximum Gasteiger partial charge on any atom is 0.128 e. The van der Waals surface area contributed by atoms with Crippen LogP contribution in [0.1, 0.15) is 0 Å². The fourth-order valence-electron chi connectivity index (χ4n) is 5.07. The lowest BCUT2D eigenvalue weighted by Gasteiger charge is -2.08. The van der Waals surface area contributed by atoms with E-state index in [1.54, 1.807) is 7.11 Å². The Morgan fingerprint density at radius 1 is 0.714 bits per heavy atom. The molecule has 0 radical (unpaired) electrons. The van der Waals surface area contributed by atoms with Crippen molar-refractivity contribution >= 4 is 59.9 Å². The third kappa shape index (κ3) is 1.49. The number of rotatable bonds is 1. The zero-order chi connectivity index (χ0) is 18.4. The van der Waals surface area contributed by atoms with E-state index in [-0.39, 0.29) is 0 Å². The molecule has 1 N–H and O–H groups in total. The molecule has 3 aromatic heterocycles. The van der Waals surface area contributed by atoms with Crippen molar-refractivity contribution in [1.29, 1.82) is 0 Å². The van der Waals surface area contributed by atoms with Crippen LogP contribution in [0, 0.1) is 0 Å². The number of H-pyrrole nitrogens is 1.